The normalized spacial score (nSPS) is 18.6. The first-order chi connectivity index (χ1) is 8.66. The van der Waals surface area contributed by atoms with E-state index in [4.69, 9.17) is 11.6 Å². The van der Waals surface area contributed by atoms with Crippen LogP contribution in [0, 0.1) is 16.0 Å². The maximum Gasteiger partial charge on any atom is 0.293 e. The van der Waals surface area contributed by atoms with Gasteiger partial charge in [-0.05, 0) is 37.3 Å². The van der Waals surface area contributed by atoms with Gasteiger partial charge in [-0.2, -0.15) is 0 Å². The number of anilines is 1. The van der Waals surface area contributed by atoms with Crippen LogP contribution >= 0.6 is 11.6 Å². The third-order valence-corrected chi connectivity index (χ3v) is 3.35. The van der Waals surface area contributed by atoms with Crippen LogP contribution in [0.2, 0.25) is 5.02 Å². The lowest BCUT2D eigenvalue weighted by molar-refractivity contribution is -0.383. The van der Waals surface area contributed by atoms with Crippen LogP contribution in [0.15, 0.2) is 30.4 Å². The quantitative estimate of drug-likeness (QED) is 0.509. The van der Waals surface area contributed by atoms with Crippen LogP contribution in [0.25, 0.3) is 0 Å². The average Bonchev–Trinajstić information content (AvgIpc) is 2.38. The largest absolute Gasteiger partial charge is 0.379 e. The first kappa shape index (κ1) is 12.9. The molecule has 0 saturated heterocycles. The molecule has 0 radical (unpaired) electrons. The highest BCUT2D eigenvalue weighted by molar-refractivity contribution is 6.30. The zero-order valence-electron chi connectivity index (χ0n) is 9.93. The molecule has 1 N–H and O–H groups in total. The lowest BCUT2D eigenvalue weighted by Crippen LogP contribution is -2.15. The SMILES string of the molecule is O=[N+]([O-])c1cc(Cl)ccc1NCC1CC=CCC1. The van der Waals surface area contributed by atoms with Gasteiger partial charge in [0.05, 0.1) is 4.92 Å². The number of nitro benzene ring substituents is 1. The molecule has 1 aromatic rings. The molecule has 1 unspecified atom stereocenters. The predicted molar refractivity (Wildman–Crippen MR) is 73.1 cm³/mol. The number of nitro groups is 1. The molecule has 0 aliphatic heterocycles. The third kappa shape index (κ3) is 3.23. The summed E-state index contributed by atoms with van der Waals surface area (Å²) in [4.78, 5) is 10.5. The summed E-state index contributed by atoms with van der Waals surface area (Å²) in [5, 5.41) is 14.5. The highest BCUT2D eigenvalue weighted by Gasteiger charge is 2.16. The molecular formula is C13H15ClN2O2. The Morgan fingerprint density at radius 1 is 1.44 bits per heavy atom. The number of allylic oxidation sites excluding steroid dienone is 2. The van der Waals surface area contributed by atoms with Crippen LogP contribution in [0.3, 0.4) is 0 Å². The van der Waals surface area contributed by atoms with Gasteiger partial charge < -0.3 is 5.32 Å². The lowest BCUT2D eigenvalue weighted by Gasteiger charge is -2.18. The van der Waals surface area contributed by atoms with Gasteiger partial charge in [-0.1, -0.05) is 23.8 Å². The van der Waals surface area contributed by atoms with Crippen LogP contribution in [-0.4, -0.2) is 11.5 Å². The Morgan fingerprint density at radius 3 is 2.94 bits per heavy atom. The second kappa shape index (κ2) is 5.87. The Labute approximate surface area is 111 Å². The van der Waals surface area contributed by atoms with Crippen LogP contribution < -0.4 is 5.32 Å². The fourth-order valence-corrected chi connectivity index (χ4v) is 2.27. The van der Waals surface area contributed by atoms with Gasteiger partial charge in [-0.15, -0.1) is 0 Å². The molecule has 0 bridgehead atoms. The van der Waals surface area contributed by atoms with E-state index in [1.54, 1.807) is 12.1 Å². The molecule has 1 atom stereocenters. The molecule has 0 aromatic heterocycles. The Kier molecular flexibility index (Phi) is 4.20. The van der Waals surface area contributed by atoms with E-state index < -0.39 is 4.92 Å². The number of benzene rings is 1. The summed E-state index contributed by atoms with van der Waals surface area (Å²) in [6.07, 6.45) is 7.61. The second-order valence-corrected chi connectivity index (χ2v) is 4.89. The minimum Gasteiger partial charge on any atom is -0.379 e. The zero-order valence-corrected chi connectivity index (χ0v) is 10.7. The smallest absolute Gasteiger partial charge is 0.293 e. The molecule has 1 aromatic carbocycles. The summed E-state index contributed by atoms with van der Waals surface area (Å²) in [6.45, 7) is 0.757. The van der Waals surface area contributed by atoms with E-state index in [1.807, 2.05) is 0 Å². The van der Waals surface area contributed by atoms with E-state index in [2.05, 4.69) is 17.5 Å². The van der Waals surface area contributed by atoms with Crippen LogP contribution in [0.4, 0.5) is 11.4 Å². The monoisotopic (exact) mass is 266 g/mol. The van der Waals surface area contributed by atoms with Crippen molar-refractivity contribution in [3.05, 3.63) is 45.5 Å². The summed E-state index contributed by atoms with van der Waals surface area (Å²) < 4.78 is 0. The maximum absolute atomic E-state index is 10.9. The minimum atomic E-state index is -0.408. The first-order valence-electron chi connectivity index (χ1n) is 5.99. The van der Waals surface area contributed by atoms with Crippen LogP contribution in [0.1, 0.15) is 19.3 Å². The average molecular weight is 267 g/mol. The van der Waals surface area contributed by atoms with Gasteiger partial charge in [0.2, 0.25) is 0 Å². The second-order valence-electron chi connectivity index (χ2n) is 4.45. The van der Waals surface area contributed by atoms with Crippen molar-refractivity contribution in [2.75, 3.05) is 11.9 Å². The van der Waals surface area contributed by atoms with E-state index in [1.165, 1.54) is 6.07 Å². The number of nitrogens with one attached hydrogen (secondary N) is 1. The van der Waals surface area contributed by atoms with E-state index >= 15 is 0 Å². The molecule has 4 nitrogen and oxygen atoms in total. The van der Waals surface area contributed by atoms with Gasteiger partial charge >= 0.3 is 0 Å². The Bertz CT molecular complexity index is 474. The molecule has 1 aliphatic rings. The fourth-order valence-electron chi connectivity index (χ4n) is 2.10. The van der Waals surface area contributed by atoms with Crippen molar-refractivity contribution in [2.45, 2.75) is 19.3 Å². The molecule has 96 valence electrons. The van der Waals surface area contributed by atoms with E-state index in [9.17, 15) is 10.1 Å². The summed E-state index contributed by atoms with van der Waals surface area (Å²) in [5.74, 6) is 0.547. The van der Waals surface area contributed by atoms with Crippen LogP contribution in [0.5, 0.6) is 0 Å². The Hall–Kier alpha value is -1.55. The molecule has 0 amide bonds. The van der Waals surface area contributed by atoms with Crippen molar-refractivity contribution >= 4 is 23.0 Å². The maximum atomic E-state index is 10.9. The lowest BCUT2D eigenvalue weighted by atomic mass is 9.94. The first-order valence-corrected chi connectivity index (χ1v) is 6.37. The molecular weight excluding hydrogens is 252 g/mol. The topological polar surface area (TPSA) is 55.2 Å². The molecule has 0 heterocycles. The predicted octanol–water partition coefficient (Wildman–Crippen LogP) is 4.02. The van der Waals surface area contributed by atoms with Gasteiger partial charge in [0.25, 0.3) is 5.69 Å². The summed E-state index contributed by atoms with van der Waals surface area (Å²) >= 11 is 5.77. The number of hydrogen-bond acceptors (Lipinski definition) is 3. The summed E-state index contributed by atoms with van der Waals surface area (Å²) in [5.41, 5.74) is 0.577. The Balaban J connectivity index is 2.04. The van der Waals surface area contributed by atoms with Crippen molar-refractivity contribution in [2.24, 2.45) is 5.92 Å². The highest BCUT2D eigenvalue weighted by atomic mass is 35.5. The van der Waals surface area contributed by atoms with Gasteiger partial charge in [0.1, 0.15) is 5.69 Å². The number of nitrogens with zero attached hydrogens (tertiary/aromatic N) is 1. The van der Waals surface area contributed by atoms with Crippen molar-refractivity contribution in [1.82, 2.24) is 0 Å². The van der Waals surface area contributed by atoms with Gasteiger partial charge in [-0.3, -0.25) is 10.1 Å². The van der Waals surface area contributed by atoms with E-state index in [0.29, 0.717) is 16.6 Å². The molecule has 2 rings (SSSR count). The van der Waals surface area contributed by atoms with Gasteiger partial charge in [0, 0.05) is 17.6 Å². The minimum absolute atomic E-state index is 0.0360. The van der Waals surface area contributed by atoms with Crippen molar-refractivity contribution in [3.8, 4) is 0 Å². The fraction of sp³-hybridized carbons (Fsp3) is 0.385. The summed E-state index contributed by atoms with van der Waals surface area (Å²) in [7, 11) is 0. The molecule has 5 heteroatoms. The number of hydrogen-bond donors (Lipinski definition) is 1. The summed E-state index contributed by atoms with van der Waals surface area (Å²) in [6, 6.07) is 4.71. The highest BCUT2D eigenvalue weighted by Crippen LogP contribution is 2.28. The van der Waals surface area contributed by atoms with Gasteiger partial charge in [0.15, 0.2) is 0 Å². The van der Waals surface area contributed by atoms with Crippen LogP contribution in [-0.2, 0) is 0 Å². The molecule has 0 fully saturated rings. The third-order valence-electron chi connectivity index (χ3n) is 3.12. The standard InChI is InChI=1S/C13H15ClN2O2/c14-11-6-7-12(13(8-11)16(17)18)15-9-10-4-2-1-3-5-10/h1-2,6-8,10,15H,3-5,9H2. The molecule has 1 aliphatic carbocycles. The van der Waals surface area contributed by atoms with Crippen molar-refractivity contribution in [1.29, 1.82) is 0 Å². The Morgan fingerprint density at radius 2 is 2.28 bits per heavy atom. The van der Waals surface area contributed by atoms with Gasteiger partial charge in [-0.25, -0.2) is 0 Å². The van der Waals surface area contributed by atoms with Crippen molar-refractivity contribution in [3.63, 3.8) is 0 Å². The van der Waals surface area contributed by atoms with E-state index in [0.717, 1.165) is 25.8 Å². The molecule has 0 spiro atoms. The number of halogens is 1. The zero-order chi connectivity index (χ0) is 13.0. The van der Waals surface area contributed by atoms with E-state index in [-0.39, 0.29) is 5.69 Å². The van der Waals surface area contributed by atoms with Crippen molar-refractivity contribution < 1.29 is 4.92 Å². The number of rotatable bonds is 4. The molecule has 0 saturated carbocycles. The molecule has 18 heavy (non-hydrogen) atoms.